The first-order valence-corrected chi connectivity index (χ1v) is 6.21. The fourth-order valence-corrected chi connectivity index (χ4v) is 2.54. The molecule has 1 aliphatic carbocycles. The second-order valence-electron chi connectivity index (χ2n) is 4.81. The van der Waals surface area contributed by atoms with Crippen LogP contribution in [0.4, 0.5) is 4.39 Å². The highest BCUT2D eigenvalue weighted by Crippen LogP contribution is 2.42. The number of halogens is 1. The summed E-state index contributed by atoms with van der Waals surface area (Å²) in [7, 11) is 0. The average Bonchev–Trinajstić information content (AvgIpc) is 2.30. The van der Waals surface area contributed by atoms with Crippen LogP contribution < -0.4 is 5.32 Å². The van der Waals surface area contributed by atoms with Crippen molar-refractivity contribution in [2.75, 3.05) is 6.54 Å². The quantitative estimate of drug-likeness (QED) is 0.822. The summed E-state index contributed by atoms with van der Waals surface area (Å²) < 4.78 is 12.8. The molecule has 0 radical (unpaired) electrons. The van der Waals surface area contributed by atoms with Crippen molar-refractivity contribution in [1.82, 2.24) is 5.32 Å². The fourth-order valence-electron chi connectivity index (χ4n) is 2.54. The highest BCUT2D eigenvalue weighted by molar-refractivity contribution is 5.25. The molecule has 0 heterocycles. The van der Waals surface area contributed by atoms with E-state index in [-0.39, 0.29) is 5.82 Å². The van der Waals surface area contributed by atoms with Gasteiger partial charge in [-0.25, -0.2) is 4.39 Å². The Morgan fingerprint density at radius 1 is 1.31 bits per heavy atom. The van der Waals surface area contributed by atoms with E-state index in [0.717, 1.165) is 6.54 Å². The minimum absolute atomic E-state index is 0.142. The Morgan fingerprint density at radius 3 is 2.56 bits per heavy atom. The van der Waals surface area contributed by atoms with Gasteiger partial charge in [-0.1, -0.05) is 26.0 Å². The van der Waals surface area contributed by atoms with E-state index < -0.39 is 0 Å². The third-order valence-electron chi connectivity index (χ3n) is 3.73. The summed E-state index contributed by atoms with van der Waals surface area (Å²) in [6.45, 7) is 5.57. The van der Waals surface area contributed by atoms with E-state index in [4.69, 9.17) is 0 Å². The lowest BCUT2D eigenvalue weighted by molar-refractivity contribution is 0.185. The maximum absolute atomic E-state index is 12.8. The van der Waals surface area contributed by atoms with E-state index in [1.54, 1.807) is 12.1 Å². The first-order valence-electron chi connectivity index (χ1n) is 6.21. The van der Waals surface area contributed by atoms with Gasteiger partial charge in [-0.2, -0.15) is 0 Å². The molecule has 1 N–H and O–H groups in total. The molecule has 1 saturated carbocycles. The summed E-state index contributed by atoms with van der Waals surface area (Å²) in [6.07, 6.45) is 2.37. The number of benzene rings is 1. The standard InChI is InChI=1S/C14H20FN/c1-3-8-16-14-9-13(10(14)2)11-4-6-12(15)7-5-11/h4-7,10,13-14,16H,3,8-9H2,1-2H3. The highest BCUT2D eigenvalue weighted by Gasteiger charge is 2.37. The van der Waals surface area contributed by atoms with Gasteiger partial charge in [0.05, 0.1) is 0 Å². The van der Waals surface area contributed by atoms with Crippen LogP contribution in [-0.2, 0) is 0 Å². The lowest BCUT2D eigenvalue weighted by Crippen LogP contribution is -2.48. The monoisotopic (exact) mass is 221 g/mol. The molecule has 1 fully saturated rings. The van der Waals surface area contributed by atoms with Crippen LogP contribution in [0.3, 0.4) is 0 Å². The lowest BCUT2D eigenvalue weighted by Gasteiger charge is -2.43. The first-order chi connectivity index (χ1) is 7.72. The molecule has 1 nitrogen and oxygen atoms in total. The molecule has 88 valence electrons. The molecular weight excluding hydrogens is 201 g/mol. The molecule has 2 rings (SSSR count). The van der Waals surface area contributed by atoms with Crippen molar-refractivity contribution in [1.29, 1.82) is 0 Å². The number of nitrogens with one attached hydrogen (secondary N) is 1. The Hall–Kier alpha value is -0.890. The highest BCUT2D eigenvalue weighted by atomic mass is 19.1. The zero-order valence-electron chi connectivity index (χ0n) is 10.0. The van der Waals surface area contributed by atoms with Gasteiger partial charge in [-0.15, -0.1) is 0 Å². The van der Waals surface area contributed by atoms with Crippen LogP contribution in [0.15, 0.2) is 24.3 Å². The molecular formula is C14H20FN. The van der Waals surface area contributed by atoms with Gasteiger partial charge in [0.1, 0.15) is 5.82 Å². The van der Waals surface area contributed by atoms with Crippen molar-refractivity contribution in [3.8, 4) is 0 Å². The van der Waals surface area contributed by atoms with Crippen molar-refractivity contribution in [3.05, 3.63) is 35.6 Å². The molecule has 0 bridgehead atoms. The van der Waals surface area contributed by atoms with E-state index in [0.29, 0.717) is 17.9 Å². The van der Waals surface area contributed by atoms with E-state index in [1.807, 2.05) is 12.1 Å². The summed E-state index contributed by atoms with van der Waals surface area (Å²) in [5.41, 5.74) is 1.28. The zero-order valence-corrected chi connectivity index (χ0v) is 10.0. The SMILES string of the molecule is CCCNC1CC(c2ccc(F)cc2)C1C. The maximum atomic E-state index is 12.8. The zero-order chi connectivity index (χ0) is 11.5. The van der Waals surface area contributed by atoms with Crippen molar-refractivity contribution in [2.24, 2.45) is 5.92 Å². The Balaban J connectivity index is 1.92. The molecule has 0 saturated heterocycles. The third-order valence-corrected chi connectivity index (χ3v) is 3.73. The molecule has 3 atom stereocenters. The molecule has 16 heavy (non-hydrogen) atoms. The predicted molar refractivity (Wildman–Crippen MR) is 65.0 cm³/mol. The average molecular weight is 221 g/mol. The molecule has 1 aromatic carbocycles. The van der Waals surface area contributed by atoms with Gasteiger partial charge >= 0.3 is 0 Å². The summed E-state index contributed by atoms with van der Waals surface area (Å²) in [6, 6.07) is 7.62. The molecule has 0 amide bonds. The number of hydrogen-bond donors (Lipinski definition) is 1. The van der Waals surface area contributed by atoms with Crippen molar-refractivity contribution < 1.29 is 4.39 Å². The summed E-state index contributed by atoms with van der Waals surface area (Å²) in [5.74, 6) is 1.13. The second kappa shape index (κ2) is 4.96. The number of hydrogen-bond acceptors (Lipinski definition) is 1. The number of rotatable bonds is 4. The second-order valence-corrected chi connectivity index (χ2v) is 4.81. The molecule has 1 aliphatic rings. The smallest absolute Gasteiger partial charge is 0.123 e. The Kier molecular flexibility index (Phi) is 3.59. The molecule has 0 aromatic heterocycles. The van der Waals surface area contributed by atoms with Crippen LogP contribution in [0.2, 0.25) is 0 Å². The lowest BCUT2D eigenvalue weighted by atomic mass is 9.67. The fraction of sp³-hybridized carbons (Fsp3) is 0.571. The molecule has 3 unspecified atom stereocenters. The van der Waals surface area contributed by atoms with Gasteiger partial charge in [-0.3, -0.25) is 0 Å². The van der Waals surface area contributed by atoms with Gasteiger partial charge in [0.25, 0.3) is 0 Å². The molecule has 1 aromatic rings. The van der Waals surface area contributed by atoms with E-state index >= 15 is 0 Å². The first kappa shape index (κ1) is 11.6. The molecule has 0 spiro atoms. The topological polar surface area (TPSA) is 12.0 Å². The molecule has 0 aliphatic heterocycles. The van der Waals surface area contributed by atoms with Crippen LogP contribution in [0.25, 0.3) is 0 Å². The molecule has 2 heteroatoms. The van der Waals surface area contributed by atoms with Crippen molar-refractivity contribution in [2.45, 2.75) is 38.6 Å². The van der Waals surface area contributed by atoms with E-state index in [1.165, 1.54) is 18.4 Å². The third kappa shape index (κ3) is 2.27. The predicted octanol–water partition coefficient (Wildman–Crippen LogP) is 3.32. The largest absolute Gasteiger partial charge is 0.314 e. The van der Waals surface area contributed by atoms with Gasteiger partial charge < -0.3 is 5.32 Å². The van der Waals surface area contributed by atoms with Gasteiger partial charge in [0.2, 0.25) is 0 Å². The van der Waals surface area contributed by atoms with E-state index in [2.05, 4.69) is 19.2 Å². The summed E-state index contributed by atoms with van der Waals surface area (Å²) >= 11 is 0. The minimum atomic E-state index is -0.142. The van der Waals surface area contributed by atoms with Crippen LogP contribution in [0.1, 0.15) is 38.2 Å². The van der Waals surface area contributed by atoms with Crippen LogP contribution in [0, 0.1) is 11.7 Å². The van der Waals surface area contributed by atoms with Crippen molar-refractivity contribution in [3.63, 3.8) is 0 Å². The normalized spacial score (nSPS) is 28.8. The summed E-state index contributed by atoms with van der Waals surface area (Å²) in [5, 5.41) is 3.56. The van der Waals surface area contributed by atoms with Crippen LogP contribution in [0.5, 0.6) is 0 Å². The van der Waals surface area contributed by atoms with Crippen LogP contribution in [-0.4, -0.2) is 12.6 Å². The maximum Gasteiger partial charge on any atom is 0.123 e. The van der Waals surface area contributed by atoms with E-state index in [9.17, 15) is 4.39 Å². The summed E-state index contributed by atoms with van der Waals surface area (Å²) in [4.78, 5) is 0. The van der Waals surface area contributed by atoms with Gasteiger partial charge in [0.15, 0.2) is 0 Å². The minimum Gasteiger partial charge on any atom is -0.314 e. The van der Waals surface area contributed by atoms with Crippen molar-refractivity contribution >= 4 is 0 Å². The Morgan fingerprint density at radius 2 is 2.00 bits per heavy atom. The Labute approximate surface area is 97.1 Å². The van der Waals surface area contributed by atoms with Gasteiger partial charge in [-0.05, 0) is 48.9 Å². The van der Waals surface area contributed by atoms with Crippen LogP contribution >= 0.6 is 0 Å². The Bertz CT molecular complexity index is 333. The van der Waals surface area contributed by atoms with Gasteiger partial charge in [0, 0.05) is 6.04 Å².